The van der Waals surface area contributed by atoms with Crippen molar-refractivity contribution in [1.82, 2.24) is 0 Å². The first-order chi connectivity index (χ1) is 28.3. The maximum Gasteiger partial charge on any atom is 0.252 e. The van der Waals surface area contributed by atoms with E-state index in [2.05, 4.69) is 161 Å². The van der Waals surface area contributed by atoms with E-state index in [-0.39, 0.29) is 17.5 Å². The lowest BCUT2D eigenvalue weighted by Crippen LogP contribution is -2.62. The van der Waals surface area contributed by atoms with Crippen LogP contribution in [0.3, 0.4) is 0 Å². The monoisotopic (exact) mass is 730 g/mol. The summed E-state index contributed by atoms with van der Waals surface area (Å²) >= 11 is 0. The number of benzene rings is 7. The Kier molecular flexibility index (Phi) is 6.03. The van der Waals surface area contributed by atoms with Gasteiger partial charge < -0.3 is 9.80 Å². The zero-order valence-electron chi connectivity index (χ0n) is 32.2. The highest BCUT2D eigenvalue weighted by atomic mass is 15.2. The van der Waals surface area contributed by atoms with E-state index in [0.717, 1.165) is 11.8 Å². The second-order valence-electron chi connectivity index (χ2n) is 18.3. The van der Waals surface area contributed by atoms with Gasteiger partial charge in [-0.05, 0) is 142 Å². The Hall–Kier alpha value is -5.80. The molecule has 0 saturated heterocycles. The van der Waals surface area contributed by atoms with Gasteiger partial charge in [-0.3, -0.25) is 0 Å². The van der Waals surface area contributed by atoms with E-state index in [1.807, 2.05) is 0 Å². The molecule has 7 aliphatic rings. The van der Waals surface area contributed by atoms with Crippen LogP contribution in [0.15, 0.2) is 152 Å². The first-order valence-corrected chi connectivity index (χ1v) is 21.6. The minimum Gasteiger partial charge on any atom is -0.311 e. The van der Waals surface area contributed by atoms with Crippen molar-refractivity contribution >= 4 is 57.2 Å². The quantitative estimate of drug-likeness (QED) is 0.163. The Bertz CT molecular complexity index is 2870. The molecular weight excluding hydrogens is 687 g/mol. The maximum absolute atomic E-state index is 2.73. The molecule has 2 nitrogen and oxygen atoms in total. The number of hydrogen-bond donors (Lipinski definition) is 0. The number of hydrogen-bond acceptors (Lipinski definition) is 2. The zero-order valence-corrected chi connectivity index (χ0v) is 32.2. The van der Waals surface area contributed by atoms with Crippen molar-refractivity contribution in [3.8, 4) is 22.3 Å². The number of rotatable bonds is 2. The predicted octanol–water partition coefficient (Wildman–Crippen LogP) is 11.7. The molecule has 3 heteroatoms. The standard InChI is InChI=1S/C54H43BN2/c1-2-14-36(15-3-1)56-44-22-9-8-21-43(44)55-51-46(56)24-13-25-47(51)57(48-29-28-41-50(52(48)55)37-16-4-6-18-39(37)53(41)30-10-11-31-53)45-23-12-20-42-49(45)38-17-5-7-19-40(38)54(42)33-34-26-27-35(54)32-34/h1-9,12-25,28-29,34-35H,10-11,26-27,30-33H2/t34?,35?,54-/m0/s1. The van der Waals surface area contributed by atoms with Gasteiger partial charge >= 0.3 is 0 Å². The summed E-state index contributed by atoms with van der Waals surface area (Å²) in [5.41, 5.74) is 24.4. The molecule has 0 N–H and O–H groups in total. The molecule has 2 aliphatic heterocycles. The van der Waals surface area contributed by atoms with Gasteiger partial charge in [0.2, 0.25) is 0 Å². The van der Waals surface area contributed by atoms with Crippen LogP contribution >= 0.6 is 0 Å². The molecular formula is C54H43BN2. The Morgan fingerprint density at radius 2 is 1.12 bits per heavy atom. The first kappa shape index (κ1) is 31.3. The Morgan fingerprint density at radius 3 is 1.93 bits per heavy atom. The third kappa shape index (κ3) is 3.72. The molecule has 2 unspecified atom stereocenters. The molecule has 3 saturated carbocycles. The lowest BCUT2D eigenvalue weighted by molar-refractivity contribution is 0.327. The molecule has 2 heterocycles. The third-order valence-corrected chi connectivity index (χ3v) is 16.1. The second-order valence-corrected chi connectivity index (χ2v) is 18.3. The van der Waals surface area contributed by atoms with E-state index in [4.69, 9.17) is 0 Å². The van der Waals surface area contributed by atoms with Crippen LogP contribution in [0, 0.1) is 11.8 Å². The zero-order chi connectivity index (χ0) is 37.0. The summed E-state index contributed by atoms with van der Waals surface area (Å²) in [5, 5.41) is 0. The Labute approximate surface area is 335 Å². The van der Waals surface area contributed by atoms with Crippen LogP contribution in [0.25, 0.3) is 22.3 Å². The summed E-state index contributed by atoms with van der Waals surface area (Å²) in [4.78, 5) is 5.27. The van der Waals surface area contributed by atoms with Crippen LogP contribution < -0.4 is 26.2 Å². The van der Waals surface area contributed by atoms with Crippen molar-refractivity contribution in [3.63, 3.8) is 0 Å². The third-order valence-electron chi connectivity index (χ3n) is 16.1. The molecule has 57 heavy (non-hydrogen) atoms. The SMILES string of the molecule is c1ccc(N2c3ccccc3B3c4c2cccc4N(c2cccc4c2-c2ccccc2[C@@]42CC4CCC2C4)c2ccc4c(c23)-c2ccccc2C42CCCC2)cc1. The summed E-state index contributed by atoms with van der Waals surface area (Å²) in [5.74, 6) is 1.56. The summed E-state index contributed by atoms with van der Waals surface area (Å²) in [6.07, 6.45) is 10.5. The summed E-state index contributed by atoms with van der Waals surface area (Å²) < 4.78 is 0. The van der Waals surface area contributed by atoms with Gasteiger partial charge in [-0.1, -0.05) is 128 Å². The molecule has 2 spiro atoms. The van der Waals surface area contributed by atoms with Gasteiger partial charge in [0.25, 0.3) is 6.71 Å². The molecule has 3 fully saturated rings. The van der Waals surface area contributed by atoms with Crippen molar-refractivity contribution in [2.24, 2.45) is 11.8 Å². The molecule has 0 amide bonds. The molecule has 3 atom stereocenters. The molecule has 7 aromatic rings. The van der Waals surface area contributed by atoms with E-state index in [0.29, 0.717) is 0 Å². The van der Waals surface area contributed by atoms with Crippen LogP contribution in [0.5, 0.6) is 0 Å². The number of para-hydroxylation sites is 2. The highest BCUT2D eigenvalue weighted by Crippen LogP contribution is 2.67. The Balaban J connectivity index is 1.11. The average molecular weight is 731 g/mol. The van der Waals surface area contributed by atoms with E-state index in [1.54, 1.807) is 22.3 Å². The lowest BCUT2D eigenvalue weighted by Gasteiger charge is -2.45. The normalized spacial score (nSPS) is 23.0. The molecule has 14 rings (SSSR count). The minimum absolute atomic E-state index is 0.0942. The molecule has 0 radical (unpaired) electrons. The first-order valence-electron chi connectivity index (χ1n) is 21.6. The summed E-state index contributed by atoms with van der Waals surface area (Å²) in [6, 6.07) is 59.0. The van der Waals surface area contributed by atoms with Gasteiger partial charge in [0, 0.05) is 44.8 Å². The van der Waals surface area contributed by atoms with Gasteiger partial charge in [-0.25, -0.2) is 0 Å². The van der Waals surface area contributed by atoms with Crippen LogP contribution in [0.2, 0.25) is 0 Å². The fraction of sp³-hybridized carbons (Fsp3) is 0.222. The fourth-order valence-corrected chi connectivity index (χ4v) is 14.2. The van der Waals surface area contributed by atoms with E-state index in [9.17, 15) is 0 Å². The number of fused-ring (bicyclic) bond motifs is 18. The second kappa shape index (κ2) is 11.0. The van der Waals surface area contributed by atoms with Crippen LogP contribution in [-0.2, 0) is 10.8 Å². The van der Waals surface area contributed by atoms with Crippen molar-refractivity contribution in [3.05, 3.63) is 174 Å². The summed E-state index contributed by atoms with van der Waals surface area (Å²) in [7, 11) is 0. The highest BCUT2D eigenvalue weighted by Gasteiger charge is 2.58. The molecule has 0 aromatic heterocycles. The van der Waals surface area contributed by atoms with Crippen molar-refractivity contribution in [1.29, 1.82) is 0 Å². The topological polar surface area (TPSA) is 6.48 Å². The van der Waals surface area contributed by atoms with Crippen molar-refractivity contribution in [2.45, 2.75) is 62.2 Å². The highest BCUT2D eigenvalue weighted by molar-refractivity contribution is 7.01. The minimum atomic E-state index is 0.0942. The van der Waals surface area contributed by atoms with Gasteiger partial charge in [-0.2, -0.15) is 0 Å². The lowest BCUT2D eigenvalue weighted by atomic mass is 9.32. The molecule has 7 aromatic carbocycles. The summed E-state index contributed by atoms with van der Waals surface area (Å²) in [6.45, 7) is 0.0964. The largest absolute Gasteiger partial charge is 0.311 e. The fourth-order valence-electron chi connectivity index (χ4n) is 14.2. The van der Waals surface area contributed by atoms with E-state index in [1.165, 1.54) is 124 Å². The van der Waals surface area contributed by atoms with Crippen LogP contribution in [-0.4, -0.2) is 6.71 Å². The molecule has 272 valence electrons. The van der Waals surface area contributed by atoms with Crippen molar-refractivity contribution in [2.75, 3.05) is 9.80 Å². The maximum atomic E-state index is 2.73. The van der Waals surface area contributed by atoms with E-state index >= 15 is 0 Å². The van der Waals surface area contributed by atoms with Gasteiger partial charge in [-0.15, -0.1) is 0 Å². The predicted molar refractivity (Wildman–Crippen MR) is 237 cm³/mol. The number of nitrogens with zero attached hydrogens (tertiary/aromatic N) is 2. The van der Waals surface area contributed by atoms with Gasteiger partial charge in [0.1, 0.15) is 0 Å². The van der Waals surface area contributed by atoms with E-state index < -0.39 is 0 Å². The van der Waals surface area contributed by atoms with Gasteiger partial charge in [0.05, 0.1) is 5.69 Å². The van der Waals surface area contributed by atoms with Gasteiger partial charge in [0.15, 0.2) is 0 Å². The molecule has 5 aliphatic carbocycles. The molecule has 2 bridgehead atoms. The average Bonchev–Trinajstić information content (AvgIpc) is 4.12. The number of anilines is 6. The smallest absolute Gasteiger partial charge is 0.252 e. The van der Waals surface area contributed by atoms with Crippen LogP contribution in [0.4, 0.5) is 34.1 Å². The Morgan fingerprint density at radius 1 is 0.474 bits per heavy atom. The van der Waals surface area contributed by atoms with Crippen LogP contribution in [0.1, 0.15) is 73.6 Å². The van der Waals surface area contributed by atoms with Crippen molar-refractivity contribution < 1.29 is 0 Å².